The molecule has 1 aliphatic rings. The number of ketones is 2. The van der Waals surface area contributed by atoms with Gasteiger partial charge < -0.3 is 9.73 Å². The van der Waals surface area contributed by atoms with Crippen LogP contribution in [0.3, 0.4) is 0 Å². The fourth-order valence-corrected chi connectivity index (χ4v) is 4.20. The molecule has 0 unspecified atom stereocenters. The summed E-state index contributed by atoms with van der Waals surface area (Å²) < 4.78 is 6.32. The lowest BCUT2D eigenvalue weighted by atomic mass is 10.00. The van der Waals surface area contributed by atoms with Gasteiger partial charge in [0.1, 0.15) is 11.3 Å². The van der Waals surface area contributed by atoms with Gasteiger partial charge in [0.15, 0.2) is 5.76 Å². The van der Waals surface area contributed by atoms with E-state index in [9.17, 15) is 14.4 Å². The maximum absolute atomic E-state index is 14.0. The van der Waals surface area contributed by atoms with Crippen molar-refractivity contribution in [3.05, 3.63) is 102 Å². The highest BCUT2D eigenvalue weighted by Crippen LogP contribution is 2.48. The van der Waals surface area contributed by atoms with Crippen LogP contribution in [-0.4, -0.2) is 23.0 Å². The topological polar surface area (TPSA) is 79.6 Å². The molecule has 0 aliphatic carbocycles. The molecule has 0 radical (unpaired) electrons. The van der Waals surface area contributed by atoms with Gasteiger partial charge in [-0.2, -0.15) is 0 Å². The summed E-state index contributed by atoms with van der Waals surface area (Å²) in [5.41, 5.74) is 1.83. The molecular formula is C29H24N2O4. The van der Waals surface area contributed by atoms with Crippen LogP contribution < -0.4 is 10.2 Å². The van der Waals surface area contributed by atoms with Crippen molar-refractivity contribution >= 4 is 34.7 Å². The number of hydrogen-bond acceptors (Lipinski definition) is 5. The van der Waals surface area contributed by atoms with Gasteiger partial charge in [-0.25, -0.2) is 0 Å². The van der Waals surface area contributed by atoms with Crippen LogP contribution in [0.1, 0.15) is 47.1 Å². The number of para-hydroxylation sites is 1. The highest BCUT2D eigenvalue weighted by atomic mass is 16.4. The van der Waals surface area contributed by atoms with Crippen LogP contribution >= 0.6 is 0 Å². The smallest absolute Gasteiger partial charge is 0.304 e. The van der Waals surface area contributed by atoms with Crippen LogP contribution in [-0.2, 0) is 4.79 Å². The number of nitrogens with zero attached hydrogens (tertiary/aromatic N) is 1. The second kappa shape index (κ2) is 8.40. The molecule has 1 amide bonds. The highest BCUT2D eigenvalue weighted by Gasteiger charge is 2.42. The molecule has 35 heavy (non-hydrogen) atoms. The molecule has 1 aliphatic heterocycles. The van der Waals surface area contributed by atoms with Gasteiger partial charge >= 0.3 is 5.91 Å². The summed E-state index contributed by atoms with van der Waals surface area (Å²) in [6, 6.07) is 24.9. The molecule has 3 aromatic carbocycles. The summed E-state index contributed by atoms with van der Waals surface area (Å²) in [4.78, 5) is 41.5. The molecule has 174 valence electrons. The number of Topliss-reactive ketones (excluding diaryl/α,β-unsaturated/α-hetero) is 1. The predicted octanol–water partition coefficient (Wildman–Crippen LogP) is 6.25. The van der Waals surface area contributed by atoms with E-state index < -0.39 is 17.2 Å². The van der Waals surface area contributed by atoms with Crippen LogP contribution in [0.25, 0.3) is 11.3 Å². The zero-order valence-electron chi connectivity index (χ0n) is 19.7. The number of hydrogen-bond donors (Lipinski definition) is 1. The fraction of sp³-hybridized carbons (Fsp3) is 0.138. The van der Waals surface area contributed by atoms with Gasteiger partial charge in [-0.05, 0) is 32.9 Å². The van der Waals surface area contributed by atoms with Crippen molar-refractivity contribution in [2.75, 3.05) is 10.2 Å². The fourth-order valence-electron chi connectivity index (χ4n) is 4.20. The minimum atomic E-state index is -0.728. The number of benzene rings is 3. The summed E-state index contributed by atoms with van der Waals surface area (Å²) >= 11 is 0. The van der Waals surface area contributed by atoms with E-state index in [-0.39, 0.29) is 22.9 Å². The first-order valence-electron chi connectivity index (χ1n) is 11.3. The molecule has 1 N–H and O–H groups in total. The van der Waals surface area contributed by atoms with E-state index in [0.29, 0.717) is 28.1 Å². The largest absolute Gasteiger partial charge is 0.438 e. The number of carbonyl (C=O) groups excluding carboxylic acids is 3. The normalized spacial score (nSPS) is 13.2. The lowest BCUT2D eigenvalue weighted by Gasteiger charge is -2.21. The molecular weight excluding hydrogens is 440 g/mol. The van der Waals surface area contributed by atoms with Gasteiger partial charge in [-0.15, -0.1) is 0 Å². The number of rotatable bonds is 5. The summed E-state index contributed by atoms with van der Waals surface area (Å²) in [7, 11) is 0. The SMILES string of the molecule is CC(C)(C)Nc1oc(-c2ccccc2)c(N2C(=O)C(=O)c3ccccc32)c1C(=O)c1ccccc1. The third-order valence-electron chi connectivity index (χ3n) is 5.68. The predicted molar refractivity (Wildman–Crippen MR) is 135 cm³/mol. The van der Waals surface area contributed by atoms with Crippen LogP contribution in [0.15, 0.2) is 89.3 Å². The minimum Gasteiger partial charge on any atom is -0.438 e. The summed E-state index contributed by atoms with van der Waals surface area (Å²) in [5, 5.41) is 3.29. The van der Waals surface area contributed by atoms with Gasteiger partial charge in [0.25, 0.3) is 5.78 Å². The molecule has 0 bridgehead atoms. The Morgan fingerprint density at radius 1 is 0.829 bits per heavy atom. The third-order valence-corrected chi connectivity index (χ3v) is 5.68. The van der Waals surface area contributed by atoms with Gasteiger partial charge in [0.05, 0.1) is 11.3 Å². The Kier molecular flexibility index (Phi) is 5.36. The first kappa shape index (κ1) is 22.3. The van der Waals surface area contributed by atoms with E-state index >= 15 is 0 Å². The standard InChI is InChI=1S/C29H24N2O4/c1-29(2,3)30-27-22(24(32)18-12-6-4-7-13-18)23(26(35-27)19-14-8-5-9-15-19)31-21-17-11-10-16-20(21)25(33)28(31)34/h4-17,30H,1-3H3. The lowest BCUT2D eigenvalue weighted by Crippen LogP contribution is -2.28. The number of anilines is 3. The van der Waals surface area contributed by atoms with Crippen LogP contribution in [0.2, 0.25) is 0 Å². The van der Waals surface area contributed by atoms with Crippen molar-refractivity contribution in [3.63, 3.8) is 0 Å². The molecule has 1 aromatic heterocycles. The van der Waals surface area contributed by atoms with Gasteiger partial charge in [-0.1, -0.05) is 72.8 Å². The van der Waals surface area contributed by atoms with E-state index in [1.165, 1.54) is 4.90 Å². The van der Waals surface area contributed by atoms with Crippen molar-refractivity contribution in [1.29, 1.82) is 0 Å². The average molecular weight is 465 g/mol. The number of fused-ring (bicyclic) bond motifs is 1. The molecule has 4 aromatic rings. The zero-order chi connectivity index (χ0) is 24.7. The van der Waals surface area contributed by atoms with E-state index in [1.807, 2.05) is 57.2 Å². The third kappa shape index (κ3) is 3.93. The maximum Gasteiger partial charge on any atom is 0.304 e. The summed E-state index contributed by atoms with van der Waals surface area (Å²) in [5.74, 6) is -1.10. The van der Waals surface area contributed by atoms with Crippen LogP contribution in [0.5, 0.6) is 0 Å². The Morgan fingerprint density at radius 2 is 1.43 bits per heavy atom. The molecule has 2 heterocycles. The molecule has 0 fully saturated rings. The monoisotopic (exact) mass is 464 g/mol. The average Bonchev–Trinajstić information content (AvgIpc) is 3.33. The van der Waals surface area contributed by atoms with Crippen molar-refractivity contribution < 1.29 is 18.8 Å². The van der Waals surface area contributed by atoms with Gasteiger partial charge in [0.2, 0.25) is 11.7 Å². The Labute approximate surface area is 203 Å². The first-order chi connectivity index (χ1) is 16.8. The van der Waals surface area contributed by atoms with E-state index in [0.717, 1.165) is 0 Å². The quantitative estimate of drug-likeness (QED) is 0.279. The Hall–Kier alpha value is -4.45. The second-order valence-corrected chi connectivity index (χ2v) is 9.41. The Balaban J connectivity index is 1.85. The minimum absolute atomic E-state index is 0.197. The molecule has 6 heteroatoms. The van der Waals surface area contributed by atoms with Crippen molar-refractivity contribution in [3.8, 4) is 11.3 Å². The lowest BCUT2D eigenvalue weighted by molar-refractivity contribution is -0.113. The zero-order valence-corrected chi connectivity index (χ0v) is 19.7. The molecule has 6 nitrogen and oxygen atoms in total. The summed E-state index contributed by atoms with van der Waals surface area (Å²) in [6.07, 6.45) is 0. The second-order valence-electron chi connectivity index (χ2n) is 9.41. The highest BCUT2D eigenvalue weighted by molar-refractivity contribution is 6.54. The Bertz CT molecular complexity index is 1450. The van der Waals surface area contributed by atoms with Gasteiger partial charge in [-0.3, -0.25) is 19.3 Å². The molecule has 0 saturated heterocycles. The molecule has 0 spiro atoms. The first-order valence-corrected chi connectivity index (χ1v) is 11.3. The van der Waals surface area contributed by atoms with Crippen LogP contribution in [0.4, 0.5) is 17.3 Å². The van der Waals surface area contributed by atoms with E-state index in [4.69, 9.17) is 4.42 Å². The van der Waals surface area contributed by atoms with Crippen molar-refractivity contribution in [2.24, 2.45) is 0 Å². The number of amides is 1. The number of furan rings is 1. The Morgan fingerprint density at radius 3 is 2.09 bits per heavy atom. The number of nitrogens with one attached hydrogen (secondary N) is 1. The van der Waals surface area contributed by atoms with Gasteiger partial charge in [0, 0.05) is 16.7 Å². The van der Waals surface area contributed by atoms with E-state index in [2.05, 4.69) is 5.32 Å². The van der Waals surface area contributed by atoms with Crippen LogP contribution in [0, 0.1) is 0 Å². The number of carbonyl (C=O) groups is 3. The maximum atomic E-state index is 14.0. The summed E-state index contributed by atoms with van der Waals surface area (Å²) in [6.45, 7) is 5.86. The van der Waals surface area contributed by atoms with Crippen molar-refractivity contribution in [2.45, 2.75) is 26.3 Å². The molecule has 0 saturated carbocycles. The van der Waals surface area contributed by atoms with Crippen molar-refractivity contribution in [1.82, 2.24) is 0 Å². The molecule has 5 rings (SSSR count). The van der Waals surface area contributed by atoms with E-state index in [1.54, 1.807) is 48.5 Å². The molecule has 0 atom stereocenters.